The van der Waals surface area contributed by atoms with Crippen molar-refractivity contribution in [3.8, 4) is 0 Å². The second-order valence-corrected chi connectivity index (χ2v) is 8.57. The number of halogens is 1. The number of nitrogens with one attached hydrogen (secondary N) is 2. The number of hydrogen-bond acceptors (Lipinski definition) is 3. The van der Waals surface area contributed by atoms with Gasteiger partial charge in [0.1, 0.15) is 0 Å². The molecule has 1 saturated heterocycles. The lowest BCUT2D eigenvalue weighted by molar-refractivity contribution is 0.0732. The molecule has 1 heterocycles. The van der Waals surface area contributed by atoms with Gasteiger partial charge in [-0.05, 0) is 63.1 Å². The van der Waals surface area contributed by atoms with Gasteiger partial charge < -0.3 is 15.4 Å². The highest BCUT2D eigenvalue weighted by atomic mass is 127. The van der Waals surface area contributed by atoms with Crippen LogP contribution in [0, 0.1) is 12.3 Å². The zero-order chi connectivity index (χ0) is 19.8. The first-order chi connectivity index (χ1) is 13.7. The van der Waals surface area contributed by atoms with Crippen molar-refractivity contribution < 1.29 is 4.74 Å². The fraction of sp³-hybridized carbons (Fsp3) is 0.696. The highest BCUT2D eigenvalue weighted by molar-refractivity contribution is 14.0. The molecule has 2 fully saturated rings. The van der Waals surface area contributed by atoms with Crippen LogP contribution in [0.1, 0.15) is 55.7 Å². The SMILES string of the molecule is CN=C(NCC(c1ccc(C)cc1)N1CCCC1)NCC1(CCOC)CCC1.I. The van der Waals surface area contributed by atoms with Crippen LogP contribution in [0.5, 0.6) is 0 Å². The van der Waals surface area contributed by atoms with Crippen molar-refractivity contribution in [3.05, 3.63) is 35.4 Å². The summed E-state index contributed by atoms with van der Waals surface area (Å²) in [6.07, 6.45) is 7.66. The van der Waals surface area contributed by atoms with Crippen LogP contribution in [0.15, 0.2) is 29.3 Å². The predicted molar refractivity (Wildman–Crippen MR) is 132 cm³/mol. The van der Waals surface area contributed by atoms with E-state index in [2.05, 4.69) is 51.7 Å². The number of nitrogens with zero attached hydrogens (tertiary/aromatic N) is 2. The number of rotatable bonds is 9. The first-order valence-electron chi connectivity index (χ1n) is 10.9. The molecule has 1 aliphatic heterocycles. The van der Waals surface area contributed by atoms with Crippen molar-refractivity contribution in [2.45, 2.75) is 51.5 Å². The Hall–Kier alpha value is -0.860. The predicted octanol–water partition coefficient (Wildman–Crippen LogP) is 4.12. The maximum atomic E-state index is 5.32. The molecule has 6 heteroatoms. The lowest BCUT2D eigenvalue weighted by Gasteiger charge is -2.42. The second kappa shape index (κ2) is 12.1. The topological polar surface area (TPSA) is 48.9 Å². The minimum Gasteiger partial charge on any atom is -0.385 e. The van der Waals surface area contributed by atoms with Crippen LogP contribution in [-0.4, -0.2) is 57.8 Å². The van der Waals surface area contributed by atoms with Crippen molar-refractivity contribution in [2.24, 2.45) is 10.4 Å². The quantitative estimate of drug-likeness (QED) is 0.296. The number of hydrogen-bond donors (Lipinski definition) is 2. The van der Waals surface area contributed by atoms with Crippen molar-refractivity contribution in [2.75, 3.05) is 46.9 Å². The molecule has 1 aliphatic carbocycles. The molecule has 1 unspecified atom stereocenters. The highest BCUT2D eigenvalue weighted by Crippen LogP contribution is 2.43. The Bertz CT molecular complexity index is 624. The molecule has 5 nitrogen and oxygen atoms in total. The van der Waals surface area contributed by atoms with Gasteiger partial charge in [0, 0.05) is 33.9 Å². The standard InChI is InChI=1S/C23H38N4O.HI/c1-19-7-9-20(10-8-19)21(27-14-4-5-15-27)17-25-22(24-2)26-18-23(11-6-12-23)13-16-28-3;/h7-10,21H,4-6,11-18H2,1-3H3,(H2,24,25,26);1H. The normalized spacial score (nSPS) is 19.9. The summed E-state index contributed by atoms with van der Waals surface area (Å²) in [6.45, 7) is 7.23. The van der Waals surface area contributed by atoms with Crippen LogP contribution in [0.3, 0.4) is 0 Å². The zero-order valence-electron chi connectivity index (χ0n) is 18.4. The highest BCUT2D eigenvalue weighted by Gasteiger charge is 2.36. The van der Waals surface area contributed by atoms with Gasteiger partial charge in [0.25, 0.3) is 0 Å². The van der Waals surface area contributed by atoms with Gasteiger partial charge in [-0.3, -0.25) is 9.89 Å². The van der Waals surface area contributed by atoms with Gasteiger partial charge in [-0.15, -0.1) is 24.0 Å². The number of benzene rings is 1. The maximum Gasteiger partial charge on any atom is 0.191 e. The number of guanidine groups is 1. The molecular weight excluding hydrogens is 475 g/mol. The van der Waals surface area contributed by atoms with Crippen molar-refractivity contribution in [1.29, 1.82) is 0 Å². The fourth-order valence-electron chi connectivity index (χ4n) is 4.50. The summed E-state index contributed by atoms with van der Waals surface area (Å²) in [4.78, 5) is 7.09. The van der Waals surface area contributed by atoms with E-state index in [-0.39, 0.29) is 24.0 Å². The van der Waals surface area contributed by atoms with Crippen LogP contribution >= 0.6 is 24.0 Å². The third kappa shape index (κ3) is 6.82. The van der Waals surface area contributed by atoms with Crippen molar-refractivity contribution >= 4 is 29.9 Å². The Morgan fingerprint density at radius 2 is 1.83 bits per heavy atom. The molecule has 1 saturated carbocycles. The lowest BCUT2D eigenvalue weighted by Crippen LogP contribution is -2.48. The van der Waals surface area contributed by atoms with Crippen LogP contribution in [0.4, 0.5) is 0 Å². The average Bonchev–Trinajstić information content (AvgIpc) is 3.21. The molecule has 3 rings (SSSR count). The summed E-state index contributed by atoms with van der Waals surface area (Å²) >= 11 is 0. The maximum absolute atomic E-state index is 5.32. The second-order valence-electron chi connectivity index (χ2n) is 8.57. The molecule has 0 radical (unpaired) electrons. The van der Waals surface area contributed by atoms with E-state index in [1.807, 2.05) is 7.05 Å². The summed E-state index contributed by atoms with van der Waals surface area (Å²) in [7, 11) is 3.67. The summed E-state index contributed by atoms with van der Waals surface area (Å²) in [5.41, 5.74) is 3.10. The van der Waals surface area contributed by atoms with E-state index in [1.165, 1.54) is 56.3 Å². The van der Waals surface area contributed by atoms with E-state index < -0.39 is 0 Å². The third-order valence-electron chi connectivity index (χ3n) is 6.61. The van der Waals surface area contributed by atoms with Gasteiger partial charge in [0.2, 0.25) is 0 Å². The Kier molecular flexibility index (Phi) is 10.2. The largest absolute Gasteiger partial charge is 0.385 e. The number of likely N-dealkylation sites (tertiary alicyclic amines) is 1. The molecule has 1 aromatic rings. The first-order valence-corrected chi connectivity index (χ1v) is 10.9. The lowest BCUT2D eigenvalue weighted by atomic mass is 9.67. The molecule has 1 atom stereocenters. The molecule has 29 heavy (non-hydrogen) atoms. The molecule has 0 spiro atoms. The monoisotopic (exact) mass is 514 g/mol. The number of ether oxygens (including phenoxy) is 1. The van der Waals surface area contributed by atoms with E-state index in [1.54, 1.807) is 7.11 Å². The Balaban J connectivity index is 0.00000300. The van der Waals surface area contributed by atoms with Gasteiger partial charge in [0.05, 0.1) is 6.04 Å². The smallest absolute Gasteiger partial charge is 0.191 e. The molecule has 0 aromatic heterocycles. The molecular formula is C23H39IN4O. The summed E-state index contributed by atoms with van der Waals surface area (Å²) in [6, 6.07) is 9.41. The molecule has 0 bridgehead atoms. The van der Waals surface area contributed by atoms with Crippen LogP contribution in [0.25, 0.3) is 0 Å². The molecule has 1 aromatic carbocycles. The summed E-state index contributed by atoms with van der Waals surface area (Å²) in [5.74, 6) is 0.917. The van der Waals surface area contributed by atoms with Crippen LogP contribution in [0.2, 0.25) is 0 Å². The average molecular weight is 514 g/mol. The zero-order valence-corrected chi connectivity index (χ0v) is 20.7. The van der Waals surface area contributed by atoms with E-state index in [0.29, 0.717) is 11.5 Å². The molecule has 164 valence electrons. The van der Waals surface area contributed by atoms with Crippen LogP contribution in [-0.2, 0) is 4.74 Å². The van der Waals surface area contributed by atoms with Gasteiger partial charge >= 0.3 is 0 Å². The van der Waals surface area contributed by atoms with E-state index >= 15 is 0 Å². The molecule has 2 N–H and O–H groups in total. The third-order valence-corrected chi connectivity index (χ3v) is 6.61. The van der Waals surface area contributed by atoms with Gasteiger partial charge in [-0.1, -0.05) is 36.2 Å². The Labute approximate surface area is 194 Å². The number of aryl methyl sites for hydroxylation is 1. The van der Waals surface area contributed by atoms with Crippen LogP contribution < -0.4 is 10.6 Å². The Morgan fingerprint density at radius 1 is 1.14 bits per heavy atom. The molecule has 2 aliphatic rings. The Morgan fingerprint density at radius 3 is 2.38 bits per heavy atom. The minimum absolute atomic E-state index is 0. The first kappa shape index (κ1) is 24.4. The fourth-order valence-corrected chi connectivity index (χ4v) is 4.50. The van der Waals surface area contributed by atoms with Gasteiger partial charge in [-0.2, -0.15) is 0 Å². The van der Waals surface area contributed by atoms with Crippen molar-refractivity contribution in [1.82, 2.24) is 15.5 Å². The summed E-state index contributed by atoms with van der Waals surface area (Å²) in [5, 5.41) is 7.19. The minimum atomic E-state index is 0. The van der Waals surface area contributed by atoms with E-state index in [4.69, 9.17) is 4.74 Å². The van der Waals surface area contributed by atoms with E-state index in [0.717, 1.165) is 32.1 Å². The van der Waals surface area contributed by atoms with E-state index in [9.17, 15) is 0 Å². The number of aliphatic imine (C=N–C) groups is 1. The summed E-state index contributed by atoms with van der Waals surface area (Å²) < 4.78 is 5.32. The van der Waals surface area contributed by atoms with Gasteiger partial charge in [0.15, 0.2) is 5.96 Å². The van der Waals surface area contributed by atoms with Crippen molar-refractivity contribution in [3.63, 3.8) is 0 Å². The number of methoxy groups -OCH3 is 1. The molecule has 0 amide bonds. The van der Waals surface area contributed by atoms with Gasteiger partial charge in [-0.25, -0.2) is 0 Å².